The van der Waals surface area contributed by atoms with Crippen LogP contribution in [-0.4, -0.2) is 65.7 Å². The Labute approximate surface area is 323 Å². The normalized spacial score (nSPS) is 16.1. The van der Waals surface area contributed by atoms with Crippen molar-refractivity contribution in [2.45, 2.75) is 71.1 Å². The lowest BCUT2D eigenvalue weighted by Crippen LogP contribution is -2.37. The standard InChI is InChI=1S/C41H48N5O8P/c1-28(2)46(29(3)4)55(52-25-11-23-42)54-36-26-39(45-24-22-38(43-30(5)47)44-40(45)48)53-37(36)27-51-41(31-12-9-8-10-13-31,32-14-18-34(49-6)19-15-32)33-16-20-35(50-7)21-17-33/h8-10,12-22,24,26,28-29,37,39H,11,25,27H2,1-7H3,(H,43,44,47,48). The minimum Gasteiger partial charge on any atom is -0.497 e. The number of nitriles is 1. The lowest BCUT2D eigenvalue weighted by atomic mass is 9.80. The first-order valence-electron chi connectivity index (χ1n) is 18.0. The molecular formula is C41H48N5O8P. The number of methoxy groups -OCH3 is 2. The van der Waals surface area contributed by atoms with E-state index in [1.165, 1.54) is 23.8 Å². The van der Waals surface area contributed by atoms with Gasteiger partial charge >= 0.3 is 14.2 Å². The number of benzene rings is 3. The summed E-state index contributed by atoms with van der Waals surface area (Å²) in [7, 11) is 1.49. The lowest BCUT2D eigenvalue weighted by molar-refractivity contribution is -0.114. The third-order valence-electron chi connectivity index (χ3n) is 8.81. The predicted molar refractivity (Wildman–Crippen MR) is 209 cm³/mol. The number of carbonyl (C=O) groups excluding carboxylic acids is 1. The molecule has 1 aliphatic rings. The molecule has 3 atom stereocenters. The van der Waals surface area contributed by atoms with Gasteiger partial charge in [-0.05, 0) is 74.7 Å². The van der Waals surface area contributed by atoms with Gasteiger partial charge in [-0.15, -0.1) is 0 Å². The zero-order valence-electron chi connectivity index (χ0n) is 32.2. The molecule has 5 rings (SSSR count). The number of carbonyl (C=O) groups is 1. The highest BCUT2D eigenvalue weighted by Gasteiger charge is 2.42. The van der Waals surface area contributed by atoms with E-state index >= 15 is 0 Å². The molecular weight excluding hydrogens is 721 g/mol. The summed E-state index contributed by atoms with van der Waals surface area (Å²) >= 11 is 0. The third-order valence-corrected chi connectivity index (χ3v) is 10.9. The summed E-state index contributed by atoms with van der Waals surface area (Å²) in [5, 5.41) is 11.8. The van der Waals surface area contributed by atoms with Gasteiger partial charge in [0, 0.05) is 31.3 Å². The van der Waals surface area contributed by atoms with Crippen LogP contribution in [0.4, 0.5) is 5.82 Å². The van der Waals surface area contributed by atoms with Crippen LogP contribution < -0.4 is 20.5 Å². The van der Waals surface area contributed by atoms with Crippen molar-refractivity contribution in [1.29, 1.82) is 5.26 Å². The first kappa shape index (κ1) is 41.1. The van der Waals surface area contributed by atoms with Crippen LogP contribution in [-0.2, 0) is 28.9 Å². The molecule has 4 aromatic rings. The SMILES string of the molecule is COc1ccc(C(OCC2OC(n3ccc(NC(C)=O)nc3=O)C=C2OP(OCCC#N)N(C(C)C)C(C)C)(c2ccccc2)c2ccc(OC)cc2)cc1. The fraction of sp³-hybridized carbons (Fsp3) is 0.366. The zero-order chi connectivity index (χ0) is 39.5. The molecule has 2 heterocycles. The highest BCUT2D eigenvalue weighted by Crippen LogP contribution is 2.50. The zero-order valence-corrected chi connectivity index (χ0v) is 33.1. The summed E-state index contributed by atoms with van der Waals surface area (Å²) in [5.74, 6) is 1.54. The summed E-state index contributed by atoms with van der Waals surface area (Å²) < 4.78 is 41.2. The van der Waals surface area contributed by atoms with Crippen molar-refractivity contribution in [3.8, 4) is 17.6 Å². The molecule has 0 bridgehead atoms. The van der Waals surface area contributed by atoms with Crippen LogP contribution in [0.2, 0.25) is 0 Å². The van der Waals surface area contributed by atoms with Crippen LogP contribution in [0, 0.1) is 11.3 Å². The number of amides is 1. The summed E-state index contributed by atoms with van der Waals surface area (Å²) in [6, 6.07) is 29.0. The van der Waals surface area contributed by atoms with Crippen molar-refractivity contribution >= 4 is 20.3 Å². The van der Waals surface area contributed by atoms with Gasteiger partial charge in [-0.3, -0.25) is 9.36 Å². The van der Waals surface area contributed by atoms with Gasteiger partial charge in [-0.1, -0.05) is 54.6 Å². The Morgan fingerprint density at radius 3 is 2.04 bits per heavy atom. The summed E-state index contributed by atoms with van der Waals surface area (Å²) in [5.41, 5.74) is 0.705. The number of nitrogens with zero attached hydrogens (tertiary/aromatic N) is 4. The molecule has 290 valence electrons. The second-order valence-corrected chi connectivity index (χ2v) is 14.6. The van der Waals surface area contributed by atoms with E-state index < -0.39 is 32.1 Å². The quantitative estimate of drug-likeness (QED) is 0.0618. The van der Waals surface area contributed by atoms with E-state index in [0.717, 1.165) is 16.7 Å². The van der Waals surface area contributed by atoms with Crippen molar-refractivity contribution < 1.29 is 32.8 Å². The fourth-order valence-corrected chi connectivity index (χ4v) is 8.02. The molecule has 3 aromatic carbocycles. The first-order valence-corrected chi connectivity index (χ1v) is 19.1. The summed E-state index contributed by atoms with van der Waals surface area (Å²) in [4.78, 5) is 29.0. The molecule has 14 heteroatoms. The molecule has 0 saturated heterocycles. The van der Waals surface area contributed by atoms with Gasteiger partial charge in [0.05, 0.1) is 39.9 Å². The number of anilines is 1. The Hall–Kier alpha value is -5.09. The highest BCUT2D eigenvalue weighted by atomic mass is 31.2. The number of hydrogen-bond acceptors (Lipinski definition) is 11. The summed E-state index contributed by atoms with van der Waals surface area (Å²) in [6.07, 6.45) is 1.62. The second kappa shape index (κ2) is 19.0. The van der Waals surface area contributed by atoms with Crippen molar-refractivity contribution in [3.05, 3.63) is 130 Å². The highest BCUT2D eigenvalue weighted by molar-refractivity contribution is 7.44. The smallest absolute Gasteiger partial charge is 0.351 e. The minimum absolute atomic E-state index is 0.0330. The molecule has 3 unspecified atom stereocenters. The molecule has 0 radical (unpaired) electrons. The van der Waals surface area contributed by atoms with Crippen LogP contribution in [0.3, 0.4) is 0 Å². The van der Waals surface area contributed by atoms with Gasteiger partial charge < -0.3 is 33.3 Å². The molecule has 1 amide bonds. The fourth-order valence-electron chi connectivity index (χ4n) is 6.38. The van der Waals surface area contributed by atoms with Crippen LogP contribution in [0.5, 0.6) is 11.5 Å². The molecule has 1 N–H and O–H groups in total. The van der Waals surface area contributed by atoms with Gasteiger partial charge in [0.2, 0.25) is 5.91 Å². The topological polar surface area (TPSA) is 146 Å². The molecule has 1 aliphatic heterocycles. The van der Waals surface area contributed by atoms with E-state index in [-0.39, 0.29) is 43.4 Å². The van der Waals surface area contributed by atoms with Crippen molar-refractivity contribution in [3.63, 3.8) is 0 Å². The van der Waals surface area contributed by atoms with Crippen LogP contribution in [0.15, 0.2) is 108 Å². The molecule has 1 aromatic heterocycles. The number of aromatic nitrogens is 2. The Balaban J connectivity index is 1.61. The Bertz CT molecular complexity index is 1940. The van der Waals surface area contributed by atoms with Gasteiger partial charge in [-0.2, -0.15) is 10.2 Å². The molecule has 0 fully saturated rings. The van der Waals surface area contributed by atoms with Gasteiger partial charge in [-0.25, -0.2) is 9.46 Å². The van der Waals surface area contributed by atoms with E-state index in [9.17, 15) is 14.9 Å². The number of ether oxygens (including phenoxy) is 4. The Morgan fingerprint density at radius 1 is 0.945 bits per heavy atom. The third kappa shape index (κ3) is 9.78. The van der Waals surface area contributed by atoms with Crippen molar-refractivity contribution in [2.24, 2.45) is 0 Å². The van der Waals surface area contributed by atoms with Gasteiger partial charge in [0.15, 0.2) is 6.23 Å². The van der Waals surface area contributed by atoms with E-state index in [0.29, 0.717) is 17.3 Å². The number of nitrogens with one attached hydrogen (secondary N) is 1. The van der Waals surface area contributed by atoms with Gasteiger partial charge in [0.25, 0.3) is 0 Å². The molecule has 55 heavy (non-hydrogen) atoms. The van der Waals surface area contributed by atoms with Crippen LogP contribution in [0.1, 0.15) is 64.0 Å². The lowest BCUT2D eigenvalue weighted by Gasteiger charge is -2.38. The maximum atomic E-state index is 13.3. The predicted octanol–water partition coefficient (Wildman–Crippen LogP) is 7.30. The van der Waals surface area contributed by atoms with E-state index in [1.54, 1.807) is 20.3 Å². The molecule has 0 saturated carbocycles. The first-order chi connectivity index (χ1) is 26.5. The van der Waals surface area contributed by atoms with E-state index in [1.807, 2.05) is 78.9 Å². The minimum atomic E-state index is -1.74. The number of hydrogen-bond donors (Lipinski definition) is 1. The van der Waals surface area contributed by atoms with Gasteiger partial charge in [0.1, 0.15) is 34.8 Å². The average molecular weight is 770 g/mol. The van der Waals surface area contributed by atoms with E-state index in [4.69, 9.17) is 28.0 Å². The van der Waals surface area contributed by atoms with Crippen molar-refractivity contribution in [2.75, 3.05) is 32.8 Å². The largest absolute Gasteiger partial charge is 0.497 e. The monoisotopic (exact) mass is 769 g/mol. The van der Waals surface area contributed by atoms with Crippen LogP contribution in [0.25, 0.3) is 0 Å². The Morgan fingerprint density at radius 2 is 1.53 bits per heavy atom. The average Bonchev–Trinajstić information content (AvgIpc) is 3.57. The molecule has 13 nitrogen and oxygen atoms in total. The summed E-state index contributed by atoms with van der Waals surface area (Å²) in [6.45, 7) is 9.67. The van der Waals surface area contributed by atoms with E-state index in [2.05, 4.69) is 48.7 Å². The van der Waals surface area contributed by atoms with Crippen LogP contribution >= 0.6 is 8.53 Å². The Kier molecular flexibility index (Phi) is 14.2. The number of rotatable bonds is 18. The molecule has 0 aliphatic carbocycles. The maximum Gasteiger partial charge on any atom is 0.351 e. The maximum absolute atomic E-state index is 13.3. The van der Waals surface area contributed by atoms with Crippen molar-refractivity contribution in [1.82, 2.24) is 14.2 Å². The second-order valence-electron chi connectivity index (χ2n) is 13.2. The molecule has 0 spiro atoms.